The molecule has 0 bridgehead atoms. The number of pyridine rings is 1. The Labute approximate surface area is 164 Å². The molecular formula is C22H27ClN2O2. The van der Waals surface area contributed by atoms with Gasteiger partial charge in [-0.1, -0.05) is 11.6 Å². The number of nitrogens with two attached hydrogens (primary N) is 1. The molecule has 3 aliphatic rings. The maximum Gasteiger partial charge on any atom is 0.255 e. The summed E-state index contributed by atoms with van der Waals surface area (Å²) in [5.41, 5.74) is 6.95. The lowest BCUT2D eigenvalue weighted by atomic mass is 9.66. The zero-order valence-corrected chi connectivity index (χ0v) is 16.4. The van der Waals surface area contributed by atoms with E-state index in [0.29, 0.717) is 21.6 Å². The lowest BCUT2D eigenvalue weighted by Crippen LogP contribution is -2.40. The topological polar surface area (TPSA) is 68.1 Å². The fourth-order valence-electron chi connectivity index (χ4n) is 5.21. The van der Waals surface area contributed by atoms with Crippen LogP contribution in [-0.2, 0) is 0 Å². The van der Waals surface area contributed by atoms with Crippen molar-refractivity contribution < 1.29 is 4.74 Å². The molecule has 5 rings (SSSR count). The molecule has 0 saturated heterocycles. The van der Waals surface area contributed by atoms with Gasteiger partial charge < -0.3 is 15.5 Å². The summed E-state index contributed by atoms with van der Waals surface area (Å²) in [5.74, 6) is 1.58. The molecule has 27 heavy (non-hydrogen) atoms. The van der Waals surface area contributed by atoms with E-state index < -0.39 is 0 Å². The molecule has 0 unspecified atom stereocenters. The van der Waals surface area contributed by atoms with Crippen molar-refractivity contribution in [3.63, 3.8) is 0 Å². The summed E-state index contributed by atoms with van der Waals surface area (Å²) >= 11 is 6.41. The van der Waals surface area contributed by atoms with Crippen molar-refractivity contribution in [3.8, 4) is 5.75 Å². The molecule has 3 saturated carbocycles. The van der Waals surface area contributed by atoms with Crippen LogP contribution in [0.2, 0.25) is 5.02 Å². The first kappa shape index (κ1) is 17.6. The first-order chi connectivity index (χ1) is 13.0. The molecule has 4 nitrogen and oxygen atoms in total. The molecule has 0 spiro atoms. The summed E-state index contributed by atoms with van der Waals surface area (Å²) in [4.78, 5) is 14.6. The molecule has 0 atom stereocenters. The van der Waals surface area contributed by atoms with Crippen LogP contribution in [0.25, 0.3) is 10.8 Å². The largest absolute Gasteiger partial charge is 0.489 e. The van der Waals surface area contributed by atoms with Gasteiger partial charge in [0.05, 0.1) is 11.1 Å². The van der Waals surface area contributed by atoms with Crippen molar-refractivity contribution in [2.75, 3.05) is 0 Å². The number of ether oxygens (including phenoxy) is 1. The second kappa shape index (κ2) is 6.25. The average Bonchev–Trinajstić information content (AvgIpc) is 3.56. The SMILES string of the molecule is NC1(CC2(C3CC3)CCC(Oc3cc4cc[nH]c(=O)c4cc3Cl)CC2)CC1. The second-order valence-electron chi connectivity index (χ2n) is 9.17. The Morgan fingerprint density at radius 3 is 2.56 bits per heavy atom. The normalized spacial score (nSPS) is 29.6. The number of halogens is 1. The van der Waals surface area contributed by atoms with Gasteiger partial charge >= 0.3 is 0 Å². The molecule has 1 heterocycles. The van der Waals surface area contributed by atoms with Crippen LogP contribution in [0.1, 0.15) is 57.8 Å². The van der Waals surface area contributed by atoms with Gasteiger partial charge in [-0.2, -0.15) is 0 Å². The van der Waals surface area contributed by atoms with Crippen molar-refractivity contribution in [1.82, 2.24) is 4.98 Å². The van der Waals surface area contributed by atoms with Gasteiger partial charge in [0.15, 0.2) is 0 Å². The number of hydrogen-bond acceptors (Lipinski definition) is 3. The number of hydrogen-bond donors (Lipinski definition) is 2. The van der Waals surface area contributed by atoms with Gasteiger partial charge in [-0.25, -0.2) is 0 Å². The number of fused-ring (bicyclic) bond motifs is 1. The molecule has 0 amide bonds. The molecular weight excluding hydrogens is 360 g/mol. The van der Waals surface area contributed by atoms with Crippen molar-refractivity contribution >= 4 is 22.4 Å². The summed E-state index contributed by atoms with van der Waals surface area (Å²) in [6, 6.07) is 5.50. The number of nitrogens with one attached hydrogen (secondary N) is 1. The number of aromatic nitrogens is 1. The number of benzene rings is 1. The zero-order chi connectivity index (χ0) is 18.6. The molecule has 5 heteroatoms. The third-order valence-corrected chi connectivity index (χ3v) is 7.38. The van der Waals surface area contributed by atoms with E-state index in [2.05, 4.69) is 4.98 Å². The van der Waals surface area contributed by atoms with Gasteiger partial charge in [0.1, 0.15) is 5.75 Å². The number of aromatic amines is 1. The Kier molecular flexibility index (Phi) is 4.07. The van der Waals surface area contributed by atoms with Gasteiger partial charge in [0, 0.05) is 17.1 Å². The predicted octanol–water partition coefficient (Wildman–Crippen LogP) is 4.78. The van der Waals surface area contributed by atoms with Gasteiger partial charge in [-0.05, 0) is 92.7 Å². The smallest absolute Gasteiger partial charge is 0.255 e. The van der Waals surface area contributed by atoms with Crippen LogP contribution in [-0.4, -0.2) is 16.6 Å². The molecule has 1 aromatic heterocycles. The van der Waals surface area contributed by atoms with E-state index in [0.717, 1.165) is 24.1 Å². The average molecular weight is 387 g/mol. The summed E-state index contributed by atoms with van der Waals surface area (Å²) in [6.07, 6.45) is 12.8. The van der Waals surface area contributed by atoms with Gasteiger partial charge in [-0.3, -0.25) is 4.79 Å². The number of H-pyrrole nitrogens is 1. The number of rotatable bonds is 5. The molecule has 0 radical (unpaired) electrons. The molecule has 3 fully saturated rings. The lowest BCUT2D eigenvalue weighted by molar-refractivity contribution is 0.0504. The lowest BCUT2D eigenvalue weighted by Gasteiger charge is -2.42. The van der Waals surface area contributed by atoms with E-state index in [1.54, 1.807) is 12.3 Å². The van der Waals surface area contributed by atoms with Gasteiger partial charge in [-0.15, -0.1) is 0 Å². The molecule has 144 valence electrons. The monoisotopic (exact) mass is 386 g/mol. The molecule has 1 aromatic carbocycles. The fraction of sp³-hybridized carbons (Fsp3) is 0.591. The van der Waals surface area contributed by atoms with Crippen LogP contribution in [0.3, 0.4) is 0 Å². The van der Waals surface area contributed by atoms with E-state index in [-0.39, 0.29) is 17.2 Å². The third kappa shape index (κ3) is 3.38. The van der Waals surface area contributed by atoms with Crippen LogP contribution in [0.5, 0.6) is 5.75 Å². The van der Waals surface area contributed by atoms with Crippen molar-refractivity contribution in [3.05, 3.63) is 39.8 Å². The Balaban J connectivity index is 1.31. The molecule has 2 aromatic rings. The standard InChI is InChI=1S/C22H27ClN2O2/c23-18-12-17-14(5-10-25-20(17)26)11-19(18)27-16-3-6-21(7-4-16,15-1-2-15)13-22(24)8-9-22/h5,10-12,15-16H,1-4,6-9,13,24H2,(H,25,26). The van der Waals surface area contributed by atoms with Crippen molar-refractivity contribution in [1.29, 1.82) is 0 Å². The van der Waals surface area contributed by atoms with Crippen LogP contribution < -0.4 is 16.0 Å². The van der Waals surface area contributed by atoms with Crippen LogP contribution >= 0.6 is 11.6 Å². The van der Waals surface area contributed by atoms with Crippen molar-refractivity contribution in [2.24, 2.45) is 17.1 Å². The van der Waals surface area contributed by atoms with E-state index in [1.807, 2.05) is 12.1 Å². The third-order valence-electron chi connectivity index (χ3n) is 7.09. The van der Waals surface area contributed by atoms with E-state index in [9.17, 15) is 4.79 Å². The Hall–Kier alpha value is -1.52. The van der Waals surface area contributed by atoms with Gasteiger partial charge in [0.25, 0.3) is 5.56 Å². The predicted molar refractivity (Wildman–Crippen MR) is 108 cm³/mol. The minimum atomic E-state index is -0.122. The first-order valence-electron chi connectivity index (χ1n) is 10.2. The van der Waals surface area contributed by atoms with Crippen LogP contribution in [0.15, 0.2) is 29.2 Å². The Morgan fingerprint density at radius 1 is 1.15 bits per heavy atom. The minimum absolute atomic E-state index is 0.122. The molecule has 3 aliphatic carbocycles. The van der Waals surface area contributed by atoms with E-state index in [4.69, 9.17) is 22.1 Å². The minimum Gasteiger partial charge on any atom is -0.489 e. The fourth-order valence-corrected chi connectivity index (χ4v) is 5.41. The highest BCUT2D eigenvalue weighted by molar-refractivity contribution is 6.32. The highest BCUT2D eigenvalue weighted by Crippen LogP contribution is 2.60. The summed E-state index contributed by atoms with van der Waals surface area (Å²) < 4.78 is 6.30. The maximum atomic E-state index is 11.9. The molecule has 3 N–H and O–H groups in total. The quantitative estimate of drug-likeness (QED) is 0.776. The maximum absolute atomic E-state index is 11.9. The zero-order valence-electron chi connectivity index (χ0n) is 15.6. The second-order valence-corrected chi connectivity index (χ2v) is 9.58. The van der Waals surface area contributed by atoms with Gasteiger partial charge in [0.2, 0.25) is 0 Å². The highest BCUT2D eigenvalue weighted by Gasteiger charge is 2.53. The van der Waals surface area contributed by atoms with E-state index >= 15 is 0 Å². The van der Waals surface area contributed by atoms with E-state index in [1.165, 1.54) is 44.9 Å². The van der Waals surface area contributed by atoms with Crippen LogP contribution in [0, 0.1) is 11.3 Å². The molecule has 0 aliphatic heterocycles. The summed E-state index contributed by atoms with van der Waals surface area (Å²) in [6.45, 7) is 0. The summed E-state index contributed by atoms with van der Waals surface area (Å²) in [7, 11) is 0. The summed E-state index contributed by atoms with van der Waals surface area (Å²) in [5, 5.41) is 1.97. The van der Waals surface area contributed by atoms with Crippen LogP contribution in [0.4, 0.5) is 0 Å². The Morgan fingerprint density at radius 2 is 1.89 bits per heavy atom. The Bertz CT molecular complexity index is 922. The highest BCUT2D eigenvalue weighted by atomic mass is 35.5. The van der Waals surface area contributed by atoms with Crippen molar-refractivity contribution in [2.45, 2.75) is 69.4 Å². The first-order valence-corrected chi connectivity index (χ1v) is 10.6.